The highest BCUT2D eigenvalue weighted by molar-refractivity contribution is 9.10. The van der Waals surface area contributed by atoms with Crippen LogP contribution in [0.5, 0.6) is 5.75 Å². The van der Waals surface area contributed by atoms with Gasteiger partial charge in [0.05, 0.1) is 9.92 Å². The van der Waals surface area contributed by atoms with Crippen LogP contribution in [0.25, 0.3) is 0 Å². The van der Waals surface area contributed by atoms with Crippen LogP contribution in [0.4, 0.5) is 16.4 Å². The molecule has 2 N–H and O–H groups in total. The molecule has 1 atom stereocenters. The number of halogens is 2. The van der Waals surface area contributed by atoms with E-state index in [0.717, 1.165) is 16.9 Å². The maximum Gasteiger partial charge on any atom is 0.349 e. The fourth-order valence-electron chi connectivity index (χ4n) is 2.63. The predicted molar refractivity (Wildman–Crippen MR) is 116 cm³/mol. The third kappa shape index (κ3) is 4.87. The van der Waals surface area contributed by atoms with E-state index in [-0.39, 0.29) is 22.0 Å². The summed E-state index contributed by atoms with van der Waals surface area (Å²) in [5, 5.41) is 24.6. The summed E-state index contributed by atoms with van der Waals surface area (Å²) in [7, 11) is 0. The van der Waals surface area contributed by atoms with E-state index in [2.05, 4.69) is 21.2 Å². The van der Waals surface area contributed by atoms with Crippen LogP contribution >= 0.6 is 38.9 Å². The molecule has 0 bridgehead atoms. The highest BCUT2D eigenvalue weighted by atomic mass is 79.9. The van der Waals surface area contributed by atoms with E-state index in [1.54, 1.807) is 31.2 Å². The Morgan fingerprint density at radius 1 is 1.31 bits per heavy atom. The van der Waals surface area contributed by atoms with E-state index in [4.69, 9.17) is 16.3 Å². The van der Waals surface area contributed by atoms with Gasteiger partial charge in [-0.1, -0.05) is 45.7 Å². The molecule has 0 saturated carbocycles. The molecule has 0 fully saturated rings. The molecule has 150 valence electrons. The molecule has 10 heteroatoms. The first-order chi connectivity index (χ1) is 13.8. The molecule has 0 aliphatic heterocycles. The lowest BCUT2D eigenvalue weighted by molar-refractivity contribution is -0.384. The van der Waals surface area contributed by atoms with Crippen molar-refractivity contribution < 1.29 is 19.6 Å². The van der Waals surface area contributed by atoms with E-state index in [1.165, 1.54) is 18.2 Å². The van der Waals surface area contributed by atoms with Gasteiger partial charge in [0, 0.05) is 27.2 Å². The van der Waals surface area contributed by atoms with E-state index in [1.807, 2.05) is 6.07 Å². The number of hydrogen-bond acceptors (Lipinski definition) is 6. The standard InChI is InChI=1S/C19H14BrClN2O5S/c1-10(12-4-2-3-5-13(12)21)28-16-9-17(29-18(16)19(24)25)22-14-7-6-11(20)8-15(14)23(26)27/h2-10,22H,1H3,(H,24,25)/t10-/m1/s1. The van der Waals surface area contributed by atoms with Gasteiger partial charge < -0.3 is 15.2 Å². The monoisotopic (exact) mass is 496 g/mol. The van der Waals surface area contributed by atoms with Gasteiger partial charge in [0.15, 0.2) is 4.88 Å². The molecule has 0 radical (unpaired) electrons. The fourth-order valence-corrected chi connectivity index (χ4v) is 4.11. The largest absolute Gasteiger partial charge is 0.484 e. The van der Waals surface area contributed by atoms with Gasteiger partial charge in [-0.2, -0.15) is 0 Å². The molecule has 2 aromatic carbocycles. The van der Waals surface area contributed by atoms with Gasteiger partial charge in [-0.15, -0.1) is 11.3 Å². The number of rotatable bonds is 7. The lowest BCUT2D eigenvalue weighted by Gasteiger charge is -2.15. The van der Waals surface area contributed by atoms with Gasteiger partial charge in [0.1, 0.15) is 17.5 Å². The van der Waals surface area contributed by atoms with Crippen molar-refractivity contribution in [3.8, 4) is 5.75 Å². The van der Waals surface area contributed by atoms with Crippen molar-refractivity contribution in [1.82, 2.24) is 0 Å². The highest BCUT2D eigenvalue weighted by Gasteiger charge is 2.22. The minimum absolute atomic E-state index is 0.0221. The first-order valence-corrected chi connectivity index (χ1v) is 10.2. The van der Waals surface area contributed by atoms with Crippen molar-refractivity contribution in [3.05, 3.63) is 78.6 Å². The van der Waals surface area contributed by atoms with Crippen molar-refractivity contribution >= 4 is 61.2 Å². The Balaban J connectivity index is 1.91. The summed E-state index contributed by atoms with van der Waals surface area (Å²) in [5.74, 6) is -1.01. The van der Waals surface area contributed by atoms with E-state index in [0.29, 0.717) is 14.5 Å². The highest BCUT2D eigenvalue weighted by Crippen LogP contribution is 2.40. The smallest absolute Gasteiger partial charge is 0.349 e. The number of nitrogens with one attached hydrogen (secondary N) is 1. The average molecular weight is 498 g/mol. The van der Waals surface area contributed by atoms with Crippen molar-refractivity contribution in [2.75, 3.05) is 5.32 Å². The second-order valence-corrected chi connectivity index (χ2v) is 8.31. The molecule has 3 rings (SSSR count). The summed E-state index contributed by atoms with van der Waals surface area (Å²) < 4.78 is 6.41. The van der Waals surface area contributed by atoms with Crippen molar-refractivity contribution in [3.63, 3.8) is 0 Å². The normalized spacial score (nSPS) is 11.7. The van der Waals surface area contributed by atoms with Crippen LogP contribution < -0.4 is 10.1 Å². The molecule has 29 heavy (non-hydrogen) atoms. The Bertz CT molecular complexity index is 1090. The first-order valence-electron chi connectivity index (χ1n) is 8.25. The van der Waals surface area contributed by atoms with Crippen LogP contribution in [0.15, 0.2) is 53.0 Å². The Kier molecular flexibility index (Phi) is 6.41. The Morgan fingerprint density at radius 3 is 2.69 bits per heavy atom. The van der Waals surface area contributed by atoms with Crippen molar-refractivity contribution in [2.45, 2.75) is 13.0 Å². The summed E-state index contributed by atoms with van der Waals surface area (Å²) in [6.07, 6.45) is -0.494. The number of carbonyl (C=O) groups is 1. The van der Waals surface area contributed by atoms with Crippen LogP contribution in [0.3, 0.4) is 0 Å². The van der Waals surface area contributed by atoms with Crippen LogP contribution in [0, 0.1) is 10.1 Å². The number of benzene rings is 2. The van der Waals surface area contributed by atoms with Crippen LogP contribution in [-0.2, 0) is 0 Å². The molecule has 0 spiro atoms. The second kappa shape index (κ2) is 8.81. The maximum atomic E-state index is 11.7. The third-order valence-electron chi connectivity index (χ3n) is 3.95. The first kappa shape index (κ1) is 21.1. The van der Waals surface area contributed by atoms with Gasteiger partial charge in [-0.3, -0.25) is 10.1 Å². The van der Waals surface area contributed by atoms with Gasteiger partial charge in [0.2, 0.25) is 0 Å². The van der Waals surface area contributed by atoms with Crippen molar-refractivity contribution in [2.24, 2.45) is 0 Å². The SMILES string of the molecule is C[C@@H](Oc1cc(Nc2ccc(Br)cc2[N+](=O)[O-])sc1C(=O)O)c1ccccc1Cl. The second-order valence-electron chi connectivity index (χ2n) is 5.93. The summed E-state index contributed by atoms with van der Waals surface area (Å²) in [4.78, 5) is 22.4. The lowest BCUT2D eigenvalue weighted by Crippen LogP contribution is -2.06. The molecule has 0 amide bonds. The zero-order valence-corrected chi connectivity index (χ0v) is 18.0. The number of aromatic carboxylic acids is 1. The minimum Gasteiger partial charge on any atom is -0.484 e. The van der Waals surface area contributed by atoms with Crippen LogP contribution in [0.2, 0.25) is 5.02 Å². The number of hydrogen-bond donors (Lipinski definition) is 2. The molecule has 0 saturated heterocycles. The van der Waals surface area contributed by atoms with Gasteiger partial charge in [-0.25, -0.2) is 4.79 Å². The fraction of sp³-hybridized carbons (Fsp3) is 0.105. The summed E-state index contributed by atoms with van der Waals surface area (Å²) >= 11 is 10.3. The molecular formula is C19H14BrClN2O5S. The zero-order valence-electron chi connectivity index (χ0n) is 14.9. The number of nitro benzene ring substituents is 1. The molecular weight excluding hydrogens is 484 g/mol. The number of nitro groups is 1. The summed E-state index contributed by atoms with van der Waals surface area (Å²) in [6.45, 7) is 1.76. The molecule has 1 aromatic heterocycles. The molecule has 7 nitrogen and oxygen atoms in total. The number of carboxylic acid groups (broad SMARTS) is 1. The minimum atomic E-state index is -1.16. The summed E-state index contributed by atoms with van der Waals surface area (Å²) in [5.41, 5.74) is 0.813. The summed E-state index contributed by atoms with van der Waals surface area (Å²) in [6, 6.07) is 13.2. The number of carboxylic acids is 1. The third-order valence-corrected chi connectivity index (χ3v) is 5.81. The Morgan fingerprint density at radius 2 is 2.03 bits per heavy atom. The lowest BCUT2D eigenvalue weighted by atomic mass is 10.1. The van der Waals surface area contributed by atoms with E-state index < -0.39 is 17.0 Å². The maximum absolute atomic E-state index is 11.7. The van der Waals surface area contributed by atoms with Gasteiger partial charge in [0.25, 0.3) is 5.69 Å². The Labute approximate surface area is 183 Å². The predicted octanol–water partition coefficient (Wildman–Crippen LogP) is 6.65. The Hall–Kier alpha value is -2.62. The van der Waals surface area contributed by atoms with Crippen molar-refractivity contribution in [1.29, 1.82) is 0 Å². The van der Waals surface area contributed by atoms with Crippen LogP contribution in [-0.4, -0.2) is 16.0 Å². The topological polar surface area (TPSA) is 102 Å². The molecule has 3 aromatic rings. The van der Waals surface area contributed by atoms with Gasteiger partial charge >= 0.3 is 5.97 Å². The van der Waals surface area contributed by atoms with Gasteiger partial charge in [-0.05, 0) is 25.1 Å². The number of ether oxygens (including phenoxy) is 1. The van der Waals surface area contributed by atoms with E-state index in [9.17, 15) is 20.0 Å². The zero-order chi connectivity index (χ0) is 21.1. The number of nitrogens with zero attached hydrogens (tertiary/aromatic N) is 1. The quantitative estimate of drug-likeness (QED) is 0.280. The molecule has 0 aliphatic rings. The molecule has 0 aliphatic carbocycles. The number of thiophene rings is 1. The average Bonchev–Trinajstić information content (AvgIpc) is 3.05. The van der Waals surface area contributed by atoms with E-state index >= 15 is 0 Å². The molecule has 1 heterocycles. The number of anilines is 2. The molecule has 0 unspecified atom stereocenters. The van der Waals surface area contributed by atoms with Crippen LogP contribution in [0.1, 0.15) is 28.3 Å².